The van der Waals surface area contributed by atoms with Crippen molar-refractivity contribution in [1.82, 2.24) is 0 Å². The summed E-state index contributed by atoms with van der Waals surface area (Å²) in [5.41, 5.74) is 1.92. The molecule has 12 heavy (non-hydrogen) atoms. The number of allylic oxidation sites excluding steroid dienone is 2. The van der Waals surface area contributed by atoms with Gasteiger partial charge in [0.05, 0.1) is 0 Å². The summed E-state index contributed by atoms with van der Waals surface area (Å²) < 4.78 is 0. The summed E-state index contributed by atoms with van der Waals surface area (Å²) >= 11 is 0. The Kier molecular flexibility index (Phi) is 13.0. The van der Waals surface area contributed by atoms with Gasteiger partial charge in [-0.25, -0.2) is 0 Å². The van der Waals surface area contributed by atoms with Crippen LogP contribution in [0.5, 0.6) is 0 Å². The van der Waals surface area contributed by atoms with Gasteiger partial charge in [0.1, 0.15) is 0 Å². The first-order valence-corrected chi connectivity index (χ1v) is 4.43. The van der Waals surface area contributed by atoms with E-state index in [9.17, 15) is 0 Å². The van der Waals surface area contributed by atoms with Crippen molar-refractivity contribution >= 4 is 0 Å². The molecule has 0 aromatic rings. The Morgan fingerprint density at radius 2 is 1.33 bits per heavy atom. The van der Waals surface area contributed by atoms with Crippen LogP contribution in [0.4, 0.5) is 0 Å². The topological polar surface area (TPSA) is 0 Å². The standard InChI is InChI=1S/C6H14.C5H10.CH4/c1-5-6(2,3)4;1-4-5(2)3;/h5H2,1-4H3;4H,1-3H3;1H4. The molecule has 0 heterocycles. The predicted octanol–water partition coefficient (Wildman–Crippen LogP) is 5.05. The Hall–Kier alpha value is -0.260. The monoisotopic (exact) mass is 172 g/mol. The molecule has 0 heteroatoms. The molecule has 0 nitrogen and oxygen atoms in total. The van der Waals surface area contributed by atoms with Crippen LogP contribution in [0.3, 0.4) is 0 Å². The third-order valence-electron chi connectivity index (χ3n) is 1.64. The second kappa shape index (κ2) is 8.83. The Labute approximate surface area is 80.1 Å². The first-order chi connectivity index (χ1) is 4.83. The van der Waals surface area contributed by atoms with E-state index in [-0.39, 0.29) is 7.43 Å². The van der Waals surface area contributed by atoms with Gasteiger partial charge in [0.15, 0.2) is 0 Å². The van der Waals surface area contributed by atoms with Crippen molar-refractivity contribution in [1.29, 1.82) is 0 Å². The quantitative estimate of drug-likeness (QED) is 0.448. The fraction of sp³-hybridized carbons (Fsp3) is 0.833. The number of hydrogen-bond donors (Lipinski definition) is 0. The molecule has 0 aromatic carbocycles. The lowest BCUT2D eigenvalue weighted by molar-refractivity contribution is 0.398. The minimum absolute atomic E-state index is 0. The Morgan fingerprint density at radius 3 is 1.33 bits per heavy atom. The molecule has 0 atom stereocenters. The third-order valence-corrected chi connectivity index (χ3v) is 1.64. The first kappa shape index (κ1) is 17.7. The van der Waals surface area contributed by atoms with Gasteiger partial charge in [-0.2, -0.15) is 0 Å². The third kappa shape index (κ3) is 33.1. The van der Waals surface area contributed by atoms with Crippen LogP contribution in [-0.4, -0.2) is 0 Å². The summed E-state index contributed by atoms with van der Waals surface area (Å²) in [6.07, 6.45) is 3.35. The van der Waals surface area contributed by atoms with Crippen molar-refractivity contribution < 1.29 is 0 Å². The van der Waals surface area contributed by atoms with Crippen molar-refractivity contribution in [2.45, 2.75) is 62.3 Å². The molecule has 0 saturated carbocycles. The van der Waals surface area contributed by atoms with Crippen LogP contribution in [0.15, 0.2) is 11.6 Å². The maximum Gasteiger partial charge on any atom is -0.0385 e. The summed E-state index contributed by atoms with van der Waals surface area (Å²) in [7, 11) is 0. The number of rotatable bonds is 0. The predicted molar refractivity (Wildman–Crippen MR) is 61.6 cm³/mol. The summed E-state index contributed by atoms with van der Waals surface area (Å²) in [6, 6.07) is 0. The molecule has 0 unspecified atom stereocenters. The molecule has 0 aromatic heterocycles. The van der Waals surface area contributed by atoms with E-state index in [1.165, 1.54) is 12.0 Å². The van der Waals surface area contributed by atoms with E-state index in [4.69, 9.17) is 0 Å². The van der Waals surface area contributed by atoms with E-state index in [2.05, 4.69) is 47.6 Å². The minimum atomic E-state index is 0. The normalized spacial score (nSPS) is 8.92. The first-order valence-electron chi connectivity index (χ1n) is 4.43. The Balaban J connectivity index is -0.000000126. The van der Waals surface area contributed by atoms with Gasteiger partial charge in [-0.15, -0.1) is 0 Å². The van der Waals surface area contributed by atoms with Gasteiger partial charge in [0.25, 0.3) is 0 Å². The van der Waals surface area contributed by atoms with Gasteiger partial charge in [0, 0.05) is 0 Å². The highest BCUT2D eigenvalue weighted by Crippen LogP contribution is 2.16. The van der Waals surface area contributed by atoms with Crippen molar-refractivity contribution in [3.63, 3.8) is 0 Å². The van der Waals surface area contributed by atoms with Crippen LogP contribution in [0.25, 0.3) is 0 Å². The van der Waals surface area contributed by atoms with Gasteiger partial charge < -0.3 is 0 Å². The summed E-state index contributed by atoms with van der Waals surface area (Å²) in [6.45, 7) is 15.1. The Bertz CT molecular complexity index is 97.7. The van der Waals surface area contributed by atoms with E-state index in [1.807, 2.05) is 6.92 Å². The van der Waals surface area contributed by atoms with E-state index < -0.39 is 0 Å². The Morgan fingerprint density at radius 1 is 1.17 bits per heavy atom. The molecular weight excluding hydrogens is 144 g/mol. The number of hydrogen-bond acceptors (Lipinski definition) is 0. The largest absolute Gasteiger partial charge is 0.0890 e. The average Bonchev–Trinajstić information content (AvgIpc) is 1.88. The van der Waals surface area contributed by atoms with Crippen LogP contribution in [0.2, 0.25) is 0 Å². The molecule has 0 aliphatic heterocycles. The molecule has 0 amide bonds. The van der Waals surface area contributed by atoms with E-state index in [0.717, 1.165) is 0 Å². The van der Waals surface area contributed by atoms with Crippen LogP contribution >= 0.6 is 0 Å². The highest BCUT2D eigenvalue weighted by atomic mass is 14.1. The zero-order valence-corrected chi connectivity index (χ0v) is 9.28. The van der Waals surface area contributed by atoms with Crippen molar-refractivity contribution in [2.75, 3.05) is 0 Å². The SMILES string of the molecule is C.CC=C(C)C.CCC(C)(C)C. The maximum atomic E-state index is 2.24. The lowest BCUT2D eigenvalue weighted by Crippen LogP contribution is -2.00. The summed E-state index contributed by atoms with van der Waals surface area (Å²) in [5.74, 6) is 0. The van der Waals surface area contributed by atoms with Gasteiger partial charge >= 0.3 is 0 Å². The van der Waals surface area contributed by atoms with E-state index in [1.54, 1.807) is 0 Å². The second-order valence-electron chi connectivity index (χ2n) is 4.28. The van der Waals surface area contributed by atoms with Crippen molar-refractivity contribution in [2.24, 2.45) is 5.41 Å². The zero-order valence-electron chi connectivity index (χ0n) is 9.28. The molecule has 0 bridgehead atoms. The fourth-order valence-corrected chi connectivity index (χ4v) is 0. The summed E-state index contributed by atoms with van der Waals surface area (Å²) in [4.78, 5) is 0. The fourth-order valence-electron chi connectivity index (χ4n) is 0. The molecule has 0 fully saturated rings. The second-order valence-corrected chi connectivity index (χ2v) is 4.28. The summed E-state index contributed by atoms with van der Waals surface area (Å²) in [5, 5.41) is 0. The van der Waals surface area contributed by atoms with Gasteiger partial charge in [0.2, 0.25) is 0 Å². The molecule has 0 saturated heterocycles. The van der Waals surface area contributed by atoms with Crippen molar-refractivity contribution in [3.8, 4) is 0 Å². The smallest absolute Gasteiger partial charge is 0.0385 e. The minimum Gasteiger partial charge on any atom is -0.0890 e. The zero-order chi connectivity index (χ0) is 9.49. The van der Waals surface area contributed by atoms with Crippen LogP contribution < -0.4 is 0 Å². The molecule has 0 aliphatic carbocycles. The van der Waals surface area contributed by atoms with E-state index in [0.29, 0.717) is 5.41 Å². The lowest BCUT2D eigenvalue weighted by atomic mass is 9.94. The van der Waals surface area contributed by atoms with Gasteiger partial charge in [-0.3, -0.25) is 0 Å². The lowest BCUT2D eigenvalue weighted by Gasteiger charge is -2.12. The molecule has 76 valence electrons. The molecule has 0 radical (unpaired) electrons. The van der Waals surface area contributed by atoms with Gasteiger partial charge in [-0.1, -0.05) is 53.2 Å². The van der Waals surface area contributed by atoms with Crippen LogP contribution in [0, 0.1) is 5.41 Å². The average molecular weight is 172 g/mol. The van der Waals surface area contributed by atoms with Gasteiger partial charge in [-0.05, 0) is 26.2 Å². The molecule has 0 spiro atoms. The van der Waals surface area contributed by atoms with E-state index >= 15 is 0 Å². The van der Waals surface area contributed by atoms with Crippen LogP contribution in [-0.2, 0) is 0 Å². The molecule has 0 rings (SSSR count). The highest BCUT2D eigenvalue weighted by molar-refractivity contribution is 4.88. The molecule has 0 N–H and O–H groups in total. The molecular formula is C12H28. The van der Waals surface area contributed by atoms with Crippen LogP contribution in [0.1, 0.15) is 62.3 Å². The van der Waals surface area contributed by atoms with Crippen molar-refractivity contribution in [3.05, 3.63) is 11.6 Å². The maximum absolute atomic E-state index is 2.24. The molecule has 0 aliphatic rings. The highest BCUT2D eigenvalue weighted by Gasteiger charge is 2.03.